The molecule has 0 bridgehead atoms. The topological polar surface area (TPSA) is 56.1 Å². The molecule has 0 atom stereocenters. The lowest BCUT2D eigenvalue weighted by Gasteiger charge is -2.21. The number of amides is 1. The van der Waals surface area contributed by atoms with E-state index in [1.807, 2.05) is 43.4 Å². The number of nitrogens with zero attached hydrogens (tertiary/aromatic N) is 2. The first-order chi connectivity index (χ1) is 10.9. The highest BCUT2D eigenvalue weighted by Crippen LogP contribution is 2.18. The molecule has 0 aliphatic carbocycles. The molecule has 0 saturated carbocycles. The van der Waals surface area contributed by atoms with Crippen molar-refractivity contribution < 1.29 is 4.79 Å². The Labute approximate surface area is 137 Å². The van der Waals surface area contributed by atoms with Gasteiger partial charge in [-0.1, -0.05) is 36.4 Å². The van der Waals surface area contributed by atoms with Crippen LogP contribution in [-0.2, 0) is 6.54 Å². The van der Waals surface area contributed by atoms with E-state index in [4.69, 9.17) is 5.26 Å². The van der Waals surface area contributed by atoms with Crippen molar-refractivity contribution in [2.45, 2.75) is 25.9 Å². The molecule has 0 aliphatic rings. The van der Waals surface area contributed by atoms with Crippen LogP contribution in [0.5, 0.6) is 0 Å². The van der Waals surface area contributed by atoms with Crippen LogP contribution in [-0.4, -0.2) is 18.5 Å². The lowest BCUT2D eigenvalue weighted by Crippen LogP contribution is -2.42. The van der Waals surface area contributed by atoms with Crippen LogP contribution in [0, 0.1) is 11.3 Å². The van der Waals surface area contributed by atoms with Crippen molar-refractivity contribution in [2.75, 3.05) is 11.9 Å². The van der Waals surface area contributed by atoms with Gasteiger partial charge in [0.15, 0.2) is 0 Å². The summed E-state index contributed by atoms with van der Waals surface area (Å²) in [5, 5.41) is 11.7. The van der Waals surface area contributed by atoms with E-state index in [1.54, 1.807) is 19.9 Å². The van der Waals surface area contributed by atoms with Crippen molar-refractivity contribution >= 4 is 11.6 Å². The van der Waals surface area contributed by atoms with E-state index in [-0.39, 0.29) is 5.91 Å². The third-order valence-electron chi connectivity index (χ3n) is 3.52. The van der Waals surface area contributed by atoms with E-state index >= 15 is 0 Å². The van der Waals surface area contributed by atoms with E-state index in [2.05, 4.69) is 28.4 Å². The molecule has 1 amide bonds. The molecule has 0 fully saturated rings. The van der Waals surface area contributed by atoms with Gasteiger partial charge in [0.05, 0.1) is 6.07 Å². The van der Waals surface area contributed by atoms with Crippen LogP contribution < -0.4 is 10.2 Å². The Kier molecular flexibility index (Phi) is 5.02. The summed E-state index contributed by atoms with van der Waals surface area (Å²) in [5.41, 5.74) is 1.82. The molecule has 23 heavy (non-hydrogen) atoms. The number of nitrogens with one attached hydrogen (secondary N) is 1. The minimum Gasteiger partial charge on any atom is -0.370 e. The van der Waals surface area contributed by atoms with Crippen LogP contribution in [0.25, 0.3) is 0 Å². The maximum Gasteiger partial charge on any atom is 0.252 e. The van der Waals surface area contributed by atoms with Crippen molar-refractivity contribution in [2.24, 2.45) is 0 Å². The number of benzene rings is 2. The second-order valence-electron chi connectivity index (χ2n) is 6.08. The minimum atomic E-state index is -0.886. The van der Waals surface area contributed by atoms with Gasteiger partial charge in [0.25, 0.3) is 5.91 Å². The van der Waals surface area contributed by atoms with Crippen LogP contribution in [0.1, 0.15) is 29.8 Å². The number of carbonyl (C=O) groups excluding carboxylic acids is 1. The predicted octanol–water partition coefficient (Wildman–Crippen LogP) is 3.35. The molecule has 0 heterocycles. The number of hydrogen-bond donors (Lipinski definition) is 1. The van der Waals surface area contributed by atoms with Gasteiger partial charge in [0.2, 0.25) is 0 Å². The molecule has 4 nitrogen and oxygen atoms in total. The molecule has 2 rings (SSSR count). The Morgan fingerprint density at radius 3 is 2.52 bits per heavy atom. The smallest absolute Gasteiger partial charge is 0.252 e. The molecule has 2 aromatic carbocycles. The summed E-state index contributed by atoms with van der Waals surface area (Å²) < 4.78 is 0. The average molecular weight is 307 g/mol. The van der Waals surface area contributed by atoms with Gasteiger partial charge in [0, 0.05) is 24.8 Å². The zero-order valence-corrected chi connectivity index (χ0v) is 13.7. The summed E-state index contributed by atoms with van der Waals surface area (Å²) in [4.78, 5) is 14.4. The van der Waals surface area contributed by atoms with Gasteiger partial charge in [-0.25, -0.2) is 0 Å². The molecule has 0 aliphatic heterocycles. The lowest BCUT2D eigenvalue weighted by atomic mass is 10.1. The molecule has 118 valence electrons. The fraction of sp³-hybridized carbons (Fsp3) is 0.263. The second-order valence-corrected chi connectivity index (χ2v) is 6.08. The summed E-state index contributed by atoms with van der Waals surface area (Å²) in [6, 6.07) is 19.6. The number of carbonyl (C=O) groups is 1. The second kappa shape index (κ2) is 6.97. The zero-order chi connectivity index (χ0) is 16.9. The molecule has 0 spiro atoms. The molecule has 1 N–H and O–H groups in total. The van der Waals surface area contributed by atoms with Gasteiger partial charge in [-0.15, -0.1) is 0 Å². The highest BCUT2D eigenvalue weighted by atomic mass is 16.1. The molecular weight excluding hydrogens is 286 g/mol. The Bertz CT molecular complexity index is 717. The molecule has 0 saturated heterocycles. The molecule has 0 aromatic heterocycles. The molecule has 4 heteroatoms. The van der Waals surface area contributed by atoms with E-state index in [9.17, 15) is 4.79 Å². The largest absolute Gasteiger partial charge is 0.370 e. The van der Waals surface area contributed by atoms with Crippen LogP contribution in [0.4, 0.5) is 5.69 Å². The van der Waals surface area contributed by atoms with Gasteiger partial charge in [0.1, 0.15) is 5.54 Å². The zero-order valence-electron chi connectivity index (χ0n) is 13.7. The fourth-order valence-corrected chi connectivity index (χ4v) is 2.22. The third-order valence-corrected chi connectivity index (χ3v) is 3.52. The predicted molar refractivity (Wildman–Crippen MR) is 92.1 cm³/mol. The molecular formula is C19H21N3O. The molecule has 0 unspecified atom stereocenters. The van der Waals surface area contributed by atoms with Crippen molar-refractivity contribution in [3.63, 3.8) is 0 Å². The first-order valence-corrected chi connectivity index (χ1v) is 7.50. The van der Waals surface area contributed by atoms with E-state index < -0.39 is 5.54 Å². The van der Waals surface area contributed by atoms with Gasteiger partial charge < -0.3 is 10.2 Å². The molecule has 0 radical (unpaired) electrons. The van der Waals surface area contributed by atoms with E-state index in [1.165, 1.54) is 5.56 Å². The van der Waals surface area contributed by atoms with E-state index in [0.29, 0.717) is 5.56 Å². The monoisotopic (exact) mass is 307 g/mol. The highest BCUT2D eigenvalue weighted by Gasteiger charge is 2.20. The minimum absolute atomic E-state index is 0.244. The summed E-state index contributed by atoms with van der Waals surface area (Å²) in [6.45, 7) is 4.11. The van der Waals surface area contributed by atoms with E-state index in [0.717, 1.165) is 12.2 Å². The van der Waals surface area contributed by atoms with Crippen molar-refractivity contribution in [1.82, 2.24) is 5.32 Å². The highest BCUT2D eigenvalue weighted by molar-refractivity contribution is 5.95. The van der Waals surface area contributed by atoms with Crippen molar-refractivity contribution in [1.29, 1.82) is 5.26 Å². The van der Waals surface area contributed by atoms with Crippen LogP contribution in [0.15, 0.2) is 54.6 Å². The van der Waals surface area contributed by atoms with Crippen molar-refractivity contribution in [3.8, 4) is 6.07 Å². The van der Waals surface area contributed by atoms with Crippen LogP contribution in [0.3, 0.4) is 0 Å². The van der Waals surface area contributed by atoms with Crippen LogP contribution in [0.2, 0.25) is 0 Å². The van der Waals surface area contributed by atoms with Crippen LogP contribution >= 0.6 is 0 Å². The van der Waals surface area contributed by atoms with Gasteiger partial charge in [-0.3, -0.25) is 4.79 Å². The SMILES string of the molecule is CN(Cc1ccccc1)c1cccc(C(=O)NC(C)(C)C#N)c1. The Morgan fingerprint density at radius 2 is 1.87 bits per heavy atom. The Balaban J connectivity index is 2.13. The number of rotatable bonds is 5. The quantitative estimate of drug-likeness (QED) is 0.921. The summed E-state index contributed by atoms with van der Waals surface area (Å²) in [5.74, 6) is -0.244. The number of nitriles is 1. The lowest BCUT2D eigenvalue weighted by molar-refractivity contribution is 0.0929. The molecule has 2 aromatic rings. The number of hydrogen-bond acceptors (Lipinski definition) is 3. The average Bonchev–Trinajstić information content (AvgIpc) is 2.55. The normalized spacial score (nSPS) is 10.7. The van der Waals surface area contributed by atoms with Gasteiger partial charge >= 0.3 is 0 Å². The number of anilines is 1. The fourth-order valence-electron chi connectivity index (χ4n) is 2.22. The first-order valence-electron chi connectivity index (χ1n) is 7.50. The summed E-state index contributed by atoms with van der Waals surface area (Å²) >= 11 is 0. The third kappa shape index (κ3) is 4.58. The Hall–Kier alpha value is -2.80. The Morgan fingerprint density at radius 1 is 1.17 bits per heavy atom. The summed E-state index contributed by atoms with van der Waals surface area (Å²) in [6.07, 6.45) is 0. The summed E-state index contributed by atoms with van der Waals surface area (Å²) in [7, 11) is 1.99. The first kappa shape index (κ1) is 16.6. The maximum atomic E-state index is 12.3. The van der Waals surface area contributed by atoms with Gasteiger partial charge in [-0.2, -0.15) is 5.26 Å². The van der Waals surface area contributed by atoms with Gasteiger partial charge in [-0.05, 0) is 37.6 Å². The maximum absolute atomic E-state index is 12.3. The van der Waals surface area contributed by atoms with Crippen molar-refractivity contribution in [3.05, 3.63) is 65.7 Å². The standard InChI is InChI=1S/C19H21N3O/c1-19(2,14-20)21-18(23)16-10-7-11-17(12-16)22(3)13-15-8-5-4-6-9-15/h4-12H,13H2,1-3H3,(H,21,23).